The summed E-state index contributed by atoms with van der Waals surface area (Å²) in [5.41, 5.74) is 1.41. The first-order chi connectivity index (χ1) is 9.42. The number of ether oxygens (including phenoxy) is 1. The van der Waals surface area contributed by atoms with Gasteiger partial charge in [0.25, 0.3) is 11.8 Å². The fourth-order valence-electron chi connectivity index (χ4n) is 1.71. The van der Waals surface area contributed by atoms with Gasteiger partial charge in [0.2, 0.25) is 6.04 Å². The van der Waals surface area contributed by atoms with Crippen LogP contribution in [0.1, 0.15) is 15.9 Å². The van der Waals surface area contributed by atoms with Crippen LogP contribution in [-0.4, -0.2) is 49.9 Å². The van der Waals surface area contributed by atoms with Crippen LogP contribution in [0.4, 0.5) is 0 Å². The van der Waals surface area contributed by atoms with E-state index in [1.165, 1.54) is 21.2 Å². The molecule has 2 amide bonds. The molecule has 0 aliphatic heterocycles. The number of esters is 1. The van der Waals surface area contributed by atoms with E-state index < -0.39 is 23.8 Å². The van der Waals surface area contributed by atoms with E-state index in [4.69, 9.17) is 0 Å². The zero-order chi connectivity index (χ0) is 15.3. The first kappa shape index (κ1) is 15.7. The van der Waals surface area contributed by atoms with Crippen molar-refractivity contribution in [3.05, 3.63) is 35.4 Å². The molecular weight excluding hydrogens is 260 g/mol. The molecule has 6 heteroatoms. The number of carbonyl (C=O) groups excluding carboxylic acids is 3. The van der Waals surface area contributed by atoms with Gasteiger partial charge in [-0.05, 0) is 19.1 Å². The molecule has 108 valence electrons. The molecule has 0 aromatic heterocycles. The first-order valence-corrected chi connectivity index (χ1v) is 6.05. The van der Waals surface area contributed by atoms with Gasteiger partial charge in [0.05, 0.1) is 7.11 Å². The summed E-state index contributed by atoms with van der Waals surface area (Å²) < 4.78 is 4.57. The molecular formula is C14H18N2O4. The Labute approximate surface area is 117 Å². The van der Waals surface area contributed by atoms with Crippen molar-refractivity contribution in [2.45, 2.75) is 13.0 Å². The summed E-state index contributed by atoms with van der Waals surface area (Å²) in [7, 11) is 3.95. The summed E-state index contributed by atoms with van der Waals surface area (Å²) in [6, 6.07) is 5.56. The van der Waals surface area contributed by atoms with Crippen molar-refractivity contribution in [2.24, 2.45) is 0 Å². The Kier molecular flexibility index (Phi) is 5.25. The van der Waals surface area contributed by atoms with E-state index in [9.17, 15) is 14.4 Å². The minimum atomic E-state index is -1.31. The number of nitrogens with zero attached hydrogens (tertiary/aromatic N) is 1. The Hall–Kier alpha value is -2.37. The van der Waals surface area contributed by atoms with Crippen molar-refractivity contribution >= 4 is 17.8 Å². The van der Waals surface area contributed by atoms with E-state index >= 15 is 0 Å². The second-order valence-corrected chi connectivity index (χ2v) is 4.32. The predicted molar refractivity (Wildman–Crippen MR) is 73.1 cm³/mol. The minimum Gasteiger partial charge on any atom is -0.467 e. The van der Waals surface area contributed by atoms with Crippen LogP contribution in [0.5, 0.6) is 0 Å². The topological polar surface area (TPSA) is 75.7 Å². The molecule has 1 N–H and O–H groups in total. The average molecular weight is 278 g/mol. The summed E-state index contributed by atoms with van der Waals surface area (Å²) >= 11 is 0. The fraction of sp³-hybridized carbons (Fsp3) is 0.357. The average Bonchev–Trinajstić information content (AvgIpc) is 2.46. The Balaban J connectivity index is 3.02. The quantitative estimate of drug-likeness (QED) is 0.637. The number of benzene rings is 1. The van der Waals surface area contributed by atoms with Gasteiger partial charge in [-0.25, -0.2) is 4.79 Å². The van der Waals surface area contributed by atoms with Crippen LogP contribution >= 0.6 is 0 Å². The molecule has 6 nitrogen and oxygen atoms in total. The largest absolute Gasteiger partial charge is 0.467 e. The molecule has 20 heavy (non-hydrogen) atoms. The molecule has 1 aromatic carbocycles. The van der Waals surface area contributed by atoms with Gasteiger partial charge in [0.1, 0.15) is 0 Å². The van der Waals surface area contributed by atoms with Gasteiger partial charge in [0.15, 0.2) is 0 Å². The summed E-state index contributed by atoms with van der Waals surface area (Å²) in [6.07, 6.45) is 0. The third kappa shape index (κ3) is 3.34. The third-order valence-electron chi connectivity index (χ3n) is 2.93. The van der Waals surface area contributed by atoms with Gasteiger partial charge in [-0.3, -0.25) is 9.59 Å². The number of carbonyl (C=O) groups is 3. The van der Waals surface area contributed by atoms with Crippen LogP contribution in [0.3, 0.4) is 0 Å². The number of likely N-dealkylation sites (N-methyl/N-ethyl adjacent to an activating group) is 2. The fourth-order valence-corrected chi connectivity index (χ4v) is 1.71. The molecule has 0 fully saturated rings. The number of methoxy groups -OCH3 is 1. The number of aryl methyl sites for hydroxylation is 1. The van der Waals surface area contributed by atoms with Crippen LogP contribution in [0.2, 0.25) is 0 Å². The van der Waals surface area contributed by atoms with E-state index in [2.05, 4.69) is 10.1 Å². The highest BCUT2D eigenvalue weighted by Gasteiger charge is 2.34. The maximum Gasteiger partial charge on any atom is 0.338 e. The Bertz CT molecular complexity index is 494. The van der Waals surface area contributed by atoms with Crippen LogP contribution in [0.25, 0.3) is 0 Å². The van der Waals surface area contributed by atoms with Gasteiger partial charge < -0.3 is 15.0 Å². The van der Waals surface area contributed by atoms with Crippen molar-refractivity contribution in [3.8, 4) is 0 Å². The van der Waals surface area contributed by atoms with Crippen LogP contribution < -0.4 is 5.32 Å². The van der Waals surface area contributed by atoms with Crippen molar-refractivity contribution in [1.29, 1.82) is 0 Å². The van der Waals surface area contributed by atoms with E-state index in [0.717, 1.165) is 10.5 Å². The lowest BCUT2D eigenvalue weighted by Gasteiger charge is -2.24. The predicted octanol–water partition coefficient (Wildman–Crippen LogP) is 0.355. The summed E-state index contributed by atoms with van der Waals surface area (Å²) in [5, 5.41) is 2.34. The molecule has 0 saturated carbocycles. The number of rotatable bonds is 4. The van der Waals surface area contributed by atoms with Gasteiger partial charge in [0, 0.05) is 19.7 Å². The molecule has 0 aliphatic rings. The zero-order valence-corrected chi connectivity index (χ0v) is 12.0. The van der Waals surface area contributed by atoms with Gasteiger partial charge >= 0.3 is 5.97 Å². The van der Waals surface area contributed by atoms with Gasteiger partial charge in [-0.2, -0.15) is 0 Å². The smallest absolute Gasteiger partial charge is 0.338 e. The Morgan fingerprint density at radius 2 is 1.75 bits per heavy atom. The highest BCUT2D eigenvalue weighted by molar-refractivity contribution is 6.07. The highest BCUT2D eigenvalue weighted by Crippen LogP contribution is 2.09. The van der Waals surface area contributed by atoms with Crippen LogP contribution in [0.15, 0.2) is 24.3 Å². The molecule has 1 aromatic rings. The minimum absolute atomic E-state index is 0.399. The molecule has 1 unspecified atom stereocenters. The SMILES string of the molecule is CNC(=O)C(C(=O)OC)N(C)C(=O)c1ccc(C)cc1. The van der Waals surface area contributed by atoms with Crippen molar-refractivity contribution in [1.82, 2.24) is 10.2 Å². The number of hydrogen-bond acceptors (Lipinski definition) is 4. The number of hydrogen-bond donors (Lipinski definition) is 1. The molecule has 0 radical (unpaired) electrons. The molecule has 0 aliphatic carbocycles. The monoisotopic (exact) mass is 278 g/mol. The standard InChI is InChI=1S/C14H18N2O4/c1-9-5-7-10(8-6-9)13(18)16(3)11(12(17)15-2)14(19)20-4/h5-8,11H,1-4H3,(H,15,17). The lowest BCUT2D eigenvalue weighted by molar-refractivity contribution is -0.150. The number of nitrogens with one attached hydrogen (secondary N) is 1. The molecule has 0 bridgehead atoms. The molecule has 1 rings (SSSR count). The van der Waals surface area contributed by atoms with E-state index in [-0.39, 0.29) is 0 Å². The van der Waals surface area contributed by atoms with E-state index in [0.29, 0.717) is 5.56 Å². The van der Waals surface area contributed by atoms with Gasteiger partial charge in [-0.15, -0.1) is 0 Å². The molecule has 0 spiro atoms. The summed E-state index contributed by atoms with van der Waals surface area (Å²) in [5.74, 6) is -1.81. The molecule has 1 atom stereocenters. The highest BCUT2D eigenvalue weighted by atomic mass is 16.5. The summed E-state index contributed by atoms with van der Waals surface area (Å²) in [6.45, 7) is 1.90. The zero-order valence-electron chi connectivity index (χ0n) is 12.0. The normalized spacial score (nSPS) is 11.4. The van der Waals surface area contributed by atoms with Crippen LogP contribution in [0, 0.1) is 6.92 Å². The number of amides is 2. The third-order valence-corrected chi connectivity index (χ3v) is 2.93. The van der Waals surface area contributed by atoms with Crippen molar-refractivity contribution in [2.75, 3.05) is 21.2 Å². The lowest BCUT2D eigenvalue weighted by atomic mass is 10.1. The maximum atomic E-state index is 12.3. The van der Waals surface area contributed by atoms with Crippen molar-refractivity contribution < 1.29 is 19.1 Å². The second kappa shape index (κ2) is 6.70. The van der Waals surface area contributed by atoms with Crippen molar-refractivity contribution in [3.63, 3.8) is 0 Å². The Morgan fingerprint density at radius 1 is 1.20 bits per heavy atom. The molecule has 0 saturated heterocycles. The first-order valence-electron chi connectivity index (χ1n) is 6.05. The van der Waals surface area contributed by atoms with E-state index in [1.807, 2.05) is 6.92 Å². The van der Waals surface area contributed by atoms with E-state index in [1.54, 1.807) is 24.3 Å². The summed E-state index contributed by atoms with van der Waals surface area (Å²) in [4.78, 5) is 36.7. The second-order valence-electron chi connectivity index (χ2n) is 4.32. The van der Waals surface area contributed by atoms with Gasteiger partial charge in [-0.1, -0.05) is 17.7 Å². The lowest BCUT2D eigenvalue weighted by Crippen LogP contribution is -2.51. The maximum absolute atomic E-state index is 12.3. The Morgan fingerprint density at radius 3 is 2.20 bits per heavy atom. The van der Waals surface area contributed by atoms with Crippen LogP contribution in [-0.2, 0) is 14.3 Å². The molecule has 0 heterocycles.